The summed E-state index contributed by atoms with van der Waals surface area (Å²) in [6, 6.07) is 1.54. The second-order valence-electron chi connectivity index (χ2n) is 5.09. The average Bonchev–Trinajstić information content (AvgIpc) is 2.14. The fourth-order valence-electron chi connectivity index (χ4n) is 1.14. The number of rotatable bonds is 3. The van der Waals surface area contributed by atoms with Crippen molar-refractivity contribution < 1.29 is 9.53 Å². The molecule has 5 heteroatoms. The maximum absolute atomic E-state index is 11.6. The molecule has 1 aromatic rings. The van der Waals surface area contributed by atoms with E-state index in [2.05, 4.69) is 15.3 Å². The number of nitrogens with one attached hydrogen (secondary N) is 1. The first-order chi connectivity index (χ1) is 7.78. The molecule has 0 aliphatic heterocycles. The van der Waals surface area contributed by atoms with Crippen LogP contribution in [0.1, 0.15) is 45.1 Å². The lowest BCUT2D eigenvalue weighted by molar-refractivity contribution is 0.0370. The largest absolute Gasteiger partial charge is 0.458 e. The van der Waals surface area contributed by atoms with Crippen LogP contribution in [0.3, 0.4) is 0 Å². The third-order valence-electron chi connectivity index (χ3n) is 1.69. The van der Waals surface area contributed by atoms with Gasteiger partial charge in [0.1, 0.15) is 0 Å². The molecule has 5 nitrogen and oxygen atoms in total. The Morgan fingerprint density at radius 3 is 2.59 bits per heavy atom. The molecule has 0 aliphatic carbocycles. The number of nitrogens with zero attached hydrogens (tertiary/aromatic N) is 2. The number of ether oxygens (including phenoxy) is 1. The Morgan fingerprint density at radius 1 is 1.41 bits per heavy atom. The molecule has 0 saturated heterocycles. The van der Waals surface area contributed by atoms with Crippen molar-refractivity contribution in [1.29, 1.82) is 0 Å². The maximum Gasteiger partial charge on any atom is 0.357 e. The Balaban J connectivity index is 2.82. The van der Waals surface area contributed by atoms with Crippen LogP contribution in [-0.4, -0.2) is 27.6 Å². The van der Waals surface area contributed by atoms with Gasteiger partial charge in [-0.3, -0.25) is 0 Å². The summed E-state index contributed by atoms with van der Waals surface area (Å²) in [5.41, 5.74) is 0.112. The lowest BCUT2D eigenvalue weighted by Crippen LogP contribution is -2.27. The van der Waals surface area contributed by atoms with Crippen LogP contribution in [0.2, 0.25) is 0 Å². The molecule has 0 amide bonds. The second-order valence-corrected chi connectivity index (χ2v) is 5.09. The summed E-state index contributed by atoms with van der Waals surface area (Å²) >= 11 is 0. The molecule has 1 aromatic heterocycles. The van der Waals surface area contributed by atoms with Crippen molar-refractivity contribution in [3.63, 3.8) is 0 Å². The lowest BCUT2D eigenvalue weighted by Gasteiger charge is -2.20. The van der Waals surface area contributed by atoms with Crippen LogP contribution in [0.25, 0.3) is 0 Å². The molecule has 0 fully saturated rings. The third-order valence-corrected chi connectivity index (χ3v) is 1.69. The summed E-state index contributed by atoms with van der Waals surface area (Å²) in [5, 5.41) is 3.10. The highest BCUT2D eigenvalue weighted by Crippen LogP contribution is 2.10. The molecule has 0 aromatic carbocycles. The van der Waals surface area contributed by atoms with Gasteiger partial charge in [-0.1, -0.05) is 0 Å². The molecule has 17 heavy (non-hydrogen) atoms. The minimum atomic E-state index is -0.431. The number of carbonyl (C=O) groups is 1. The van der Waals surface area contributed by atoms with E-state index in [0.29, 0.717) is 5.95 Å². The first kappa shape index (κ1) is 13.4. The molecule has 1 heterocycles. The summed E-state index contributed by atoms with van der Waals surface area (Å²) in [5.74, 6) is -0.00457. The van der Waals surface area contributed by atoms with Gasteiger partial charge in [0, 0.05) is 11.7 Å². The van der Waals surface area contributed by atoms with Gasteiger partial charge in [0.2, 0.25) is 5.95 Å². The van der Waals surface area contributed by atoms with Crippen molar-refractivity contribution in [2.24, 2.45) is 0 Å². The molecule has 0 atom stereocenters. The summed E-state index contributed by atoms with van der Waals surface area (Å²) in [6.07, 6.45) is 1.38. The molecule has 0 spiro atoms. The van der Waals surface area contributed by atoms with Crippen molar-refractivity contribution in [1.82, 2.24) is 9.97 Å². The molecule has 0 bridgehead atoms. The first-order valence-electron chi connectivity index (χ1n) is 5.60. The molecule has 94 valence electrons. The van der Waals surface area contributed by atoms with Gasteiger partial charge >= 0.3 is 5.97 Å². The monoisotopic (exact) mass is 237 g/mol. The van der Waals surface area contributed by atoms with Crippen molar-refractivity contribution in [3.05, 3.63) is 18.0 Å². The number of esters is 1. The Kier molecular flexibility index (Phi) is 4.04. The van der Waals surface area contributed by atoms with Crippen LogP contribution in [0, 0.1) is 0 Å². The minimum Gasteiger partial charge on any atom is -0.458 e. The summed E-state index contributed by atoms with van der Waals surface area (Å²) < 4.78 is 5.06. The van der Waals surface area contributed by atoms with Crippen molar-refractivity contribution in [3.8, 4) is 0 Å². The zero-order valence-corrected chi connectivity index (χ0v) is 10.9. The SMILES string of the molecule is CC(C)OC(=O)c1ccnc(NC(C)(C)C)n1. The van der Waals surface area contributed by atoms with Crippen molar-refractivity contribution in [2.75, 3.05) is 5.32 Å². The van der Waals surface area contributed by atoms with E-state index < -0.39 is 5.97 Å². The second kappa shape index (κ2) is 5.12. The molecular weight excluding hydrogens is 218 g/mol. The number of hydrogen-bond acceptors (Lipinski definition) is 5. The van der Waals surface area contributed by atoms with Gasteiger partial charge in [0.25, 0.3) is 0 Å². The highest BCUT2D eigenvalue weighted by molar-refractivity contribution is 5.87. The zero-order valence-electron chi connectivity index (χ0n) is 10.9. The average molecular weight is 237 g/mol. The van der Waals surface area contributed by atoms with Gasteiger partial charge in [0.05, 0.1) is 6.10 Å². The summed E-state index contributed by atoms with van der Waals surface area (Å²) in [7, 11) is 0. The molecule has 0 unspecified atom stereocenters. The molecule has 1 N–H and O–H groups in total. The van der Waals surface area contributed by atoms with Gasteiger partial charge in [-0.05, 0) is 40.7 Å². The number of aromatic nitrogens is 2. The molecule has 0 radical (unpaired) electrons. The Labute approximate surface area is 102 Å². The molecule has 0 saturated carbocycles. The highest BCUT2D eigenvalue weighted by Gasteiger charge is 2.15. The Morgan fingerprint density at radius 2 is 2.06 bits per heavy atom. The third kappa shape index (κ3) is 4.80. The fourth-order valence-corrected chi connectivity index (χ4v) is 1.14. The normalized spacial score (nSPS) is 11.4. The zero-order chi connectivity index (χ0) is 13.1. The van der Waals surface area contributed by atoms with Crippen LogP contribution >= 0.6 is 0 Å². The van der Waals surface area contributed by atoms with Gasteiger partial charge in [-0.15, -0.1) is 0 Å². The lowest BCUT2D eigenvalue weighted by atomic mass is 10.1. The number of carbonyl (C=O) groups excluding carboxylic acids is 1. The summed E-state index contributed by atoms with van der Waals surface area (Å²) in [6.45, 7) is 9.58. The number of hydrogen-bond donors (Lipinski definition) is 1. The number of anilines is 1. The smallest absolute Gasteiger partial charge is 0.357 e. The Bertz CT molecular complexity index is 397. The first-order valence-corrected chi connectivity index (χ1v) is 5.60. The predicted octanol–water partition coefficient (Wildman–Crippen LogP) is 2.25. The molecular formula is C12H19N3O2. The van der Waals surface area contributed by atoms with E-state index in [1.54, 1.807) is 19.9 Å². The van der Waals surface area contributed by atoms with E-state index in [4.69, 9.17) is 4.74 Å². The molecule has 0 aliphatic rings. The van der Waals surface area contributed by atoms with E-state index in [1.165, 1.54) is 6.20 Å². The van der Waals surface area contributed by atoms with Crippen LogP contribution in [-0.2, 0) is 4.74 Å². The molecule has 1 rings (SSSR count). The van der Waals surface area contributed by atoms with Crippen LogP contribution in [0.4, 0.5) is 5.95 Å². The van der Waals surface area contributed by atoms with Crippen LogP contribution in [0.15, 0.2) is 12.3 Å². The minimum absolute atomic E-state index is 0.152. The van der Waals surface area contributed by atoms with Gasteiger partial charge < -0.3 is 10.1 Å². The van der Waals surface area contributed by atoms with Crippen LogP contribution in [0.5, 0.6) is 0 Å². The van der Waals surface area contributed by atoms with Crippen molar-refractivity contribution >= 4 is 11.9 Å². The van der Waals surface area contributed by atoms with Gasteiger partial charge in [0.15, 0.2) is 5.69 Å². The van der Waals surface area contributed by atoms with E-state index in [-0.39, 0.29) is 17.3 Å². The Hall–Kier alpha value is -1.65. The van der Waals surface area contributed by atoms with Crippen molar-refractivity contribution in [2.45, 2.75) is 46.3 Å². The highest BCUT2D eigenvalue weighted by atomic mass is 16.5. The fraction of sp³-hybridized carbons (Fsp3) is 0.583. The van der Waals surface area contributed by atoms with Gasteiger partial charge in [-0.25, -0.2) is 14.8 Å². The predicted molar refractivity (Wildman–Crippen MR) is 66.0 cm³/mol. The standard InChI is InChI=1S/C12H19N3O2/c1-8(2)17-10(16)9-6-7-13-11(14-9)15-12(3,4)5/h6-8H,1-5H3,(H,13,14,15). The van der Waals surface area contributed by atoms with Crippen LogP contribution < -0.4 is 5.32 Å². The maximum atomic E-state index is 11.6. The van der Waals surface area contributed by atoms with E-state index in [0.717, 1.165) is 0 Å². The van der Waals surface area contributed by atoms with E-state index >= 15 is 0 Å². The van der Waals surface area contributed by atoms with E-state index in [1.807, 2.05) is 20.8 Å². The van der Waals surface area contributed by atoms with Gasteiger partial charge in [-0.2, -0.15) is 0 Å². The topological polar surface area (TPSA) is 64.1 Å². The summed E-state index contributed by atoms with van der Waals surface area (Å²) in [4.78, 5) is 19.8. The van der Waals surface area contributed by atoms with E-state index in [9.17, 15) is 4.79 Å². The quantitative estimate of drug-likeness (QED) is 0.817.